The number of carbonyl (C=O) groups is 2. The van der Waals surface area contributed by atoms with Gasteiger partial charge >= 0.3 is 5.97 Å². The zero-order chi connectivity index (χ0) is 20.2. The molecule has 0 aliphatic carbocycles. The van der Waals surface area contributed by atoms with E-state index in [-0.39, 0.29) is 16.1 Å². The van der Waals surface area contributed by atoms with Crippen molar-refractivity contribution >= 4 is 27.6 Å². The minimum Gasteiger partial charge on any atom is -0.452 e. The highest BCUT2D eigenvalue weighted by atomic mass is 32.2. The monoisotopic (exact) mass is 398 g/mol. The highest BCUT2D eigenvalue weighted by molar-refractivity contribution is 7.89. The van der Waals surface area contributed by atoms with Crippen LogP contribution in [0.3, 0.4) is 0 Å². The summed E-state index contributed by atoms with van der Waals surface area (Å²) in [5.41, 5.74) is 0.412. The van der Waals surface area contributed by atoms with Gasteiger partial charge in [0, 0.05) is 5.69 Å². The summed E-state index contributed by atoms with van der Waals surface area (Å²) >= 11 is 0. The Morgan fingerprint density at radius 2 is 1.78 bits per heavy atom. The summed E-state index contributed by atoms with van der Waals surface area (Å²) in [6.07, 6.45) is 0. The lowest BCUT2D eigenvalue weighted by Gasteiger charge is -2.10. The van der Waals surface area contributed by atoms with Crippen molar-refractivity contribution in [1.29, 1.82) is 0 Å². The minimum absolute atomic E-state index is 0.0124. The van der Waals surface area contributed by atoms with Gasteiger partial charge in [0.25, 0.3) is 5.91 Å². The van der Waals surface area contributed by atoms with Crippen LogP contribution in [0.15, 0.2) is 41.3 Å². The fourth-order valence-corrected chi connectivity index (χ4v) is 3.11. The smallest absolute Gasteiger partial charge is 0.338 e. The Morgan fingerprint density at radius 1 is 1.07 bits per heavy atom. The number of sulfonamides is 1. The Morgan fingerprint density at radius 3 is 2.41 bits per heavy atom. The van der Waals surface area contributed by atoms with E-state index in [0.717, 1.165) is 12.1 Å². The molecule has 0 aliphatic heterocycles. The topological polar surface area (TPSA) is 102 Å². The number of ether oxygens (including phenoxy) is 1. The summed E-state index contributed by atoms with van der Waals surface area (Å²) in [6.45, 7) is 0.902. The number of carbonyl (C=O) groups excluding carboxylic acids is 2. The molecule has 0 aliphatic rings. The van der Waals surface area contributed by atoms with Gasteiger partial charge in [0.2, 0.25) is 10.0 Å². The Balaban J connectivity index is 2.02. The Labute approximate surface area is 154 Å². The second-order valence-electron chi connectivity index (χ2n) is 5.44. The van der Waals surface area contributed by atoms with Gasteiger partial charge in [-0.15, -0.1) is 0 Å². The number of aryl methyl sites for hydroxylation is 1. The Kier molecular flexibility index (Phi) is 6.24. The number of anilines is 1. The minimum atomic E-state index is -3.71. The number of benzene rings is 2. The third-order valence-electron chi connectivity index (χ3n) is 3.52. The Bertz CT molecular complexity index is 993. The van der Waals surface area contributed by atoms with Crippen molar-refractivity contribution < 1.29 is 31.5 Å². The Hall–Kier alpha value is -2.85. The van der Waals surface area contributed by atoms with E-state index in [1.807, 2.05) is 0 Å². The molecular formula is C17H16F2N2O5S. The van der Waals surface area contributed by atoms with Crippen LogP contribution in [0.4, 0.5) is 14.5 Å². The van der Waals surface area contributed by atoms with Crippen LogP contribution in [0.1, 0.15) is 15.9 Å². The summed E-state index contributed by atoms with van der Waals surface area (Å²) < 4.78 is 56.7. The lowest BCUT2D eigenvalue weighted by atomic mass is 10.2. The molecular weight excluding hydrogens is 382 g/mol. The molecule has 2 aromatic carbocycles. The second-order valence-corrected chi connectivity index (χ2v) is 7.30. The zero-order valence-electron chi connectivity index (χ0n) is 14.4. The summed E-state index contributed by atoms with van der Waals surface area (Å²) in [6, 6.07) is 6.70. The van der Waals surface area contributed by atoms with E-state index in [1.54, 1.807) is 6.92 Å². The maximum absolute atomic E-state index is 13.1. The van der Waals surface area contributed by atoms with Gasteiger partial charge in [0.05, 0.1) is 10.5 Å². The SMILES string of the molecule is CNS(=O)(=O)c1cc(NC(=O)COC(=O)c2ccc(F)c(F)c2)ccc1C. The number of rotatable bonds is 6. The van der Waals surface area contributed by atoms with Crippen molar-refractivity contribution in [3.8, 4) is 0 Å². The number of halogens is 2. The first-order valence-corrected chi connectivity index (χ1v) is 9.08. The normalized spacial score (nSPS) is 11.1. The molecule has 0 radical (unpaired) electrons. The fraction of sp³-hybridized carbons (Fsp3) is 0.176. The molecule has 10 heteroatoms. The van der Waals surface area contributed by atoms with Crippen molar-refractivity contribution in [2.45, 2.75) is 11.8 Å². The molecule has 0 saturated heterocycles. The van der Waals surface area contributed by atoms with Gasteiger partial charge in [-0.3, -0.25) is 4.79 Å². The maximum atomic E-state index is 13.1. The highest BCUT2D eigenvalue weighted by Crippen LogP contribution is 2.20. The van der Waals surface area contributed by atoms with Crippen LogP contribution >= 0.6 is 0 Å². The molecule has 0 unspecified atom stereocenters. The van der Waals surface area contributed by atoms with Crippen molar-refractivity contribution in [2.75, 3.05) is 19.0 Å². The largest absolute Gasteiger partial charge is 0.452 e. The number of esters is 1. The van der Waals surface area contributed by atoms with Crippen molar-refractivity contribution in [1.82, 2.24) is 4.72 Å². The van der Waals surface area contributed by atoms with Crippen LogP contribution in [0.5, 0.6) is 0 Å². The average Bonchev–Trinajstić information content (AvgIpc) is 2.63. The van der Waals surface area contributed by atoms with E-state index in [9.17, 15) is 26.8 Å². The summed E-state index contributed by atoms with van der Waals surface area (Å²) in [7, 11) is -2.45. The molecule has 0 spiro atoms. The molecule has 2 N–H and O–H groups in total. The molecule has 0 saturated carbocycles. The average molecular weight is 398 g/mol. The van der Waals surface area contributed by atoms with Crippen LogP contribution in [-0.2, 0) is 19.6 Å². The second kappa shape index (κ2) is 8.23. The van der Waals surface area contributed by atoms with Crippen LogP contribution in [0, 0.1) is 18.6 Å². The van der Waals surface area contributed by atoms with Crippen LogP contribution in [-0.4, -0.2) is 33.9 Å². The lowest BCUT2D eigenvalue weighted by Crippen LogP contribution is -2.22. The van der Waals surface area contributed by atoms with Crippen molar-refractivity contribution in [3.05, 3.63) is 59.2 Å². The quantitative estimate of drug-likeness (QED) is 0.725. The van der Waals surface area contributed by atoms with Gasteiger partial charge in [-0.25, -0.2) is 26.7 Å². The predicted octanol–water partition coefficient (Wildman–Crippen LogP) is 1.98. The van der Waals surface area contributed by atoms with Crippen LogP contribution < -0.4 is 10.0 Å². The van der Waals surface area contributed by atoms with Crippen molar-refractivity contribution in [2.24, 2.45) is 0 Å². The molecule has 0 bridgehead atoms. The third-order valence-corrected chi connectivity index (χ3v) is 5.08. The molecule has 144 valence electrons. The summed E-state index contributed by atoms with van der Waals surface area (Å²) in [5, 5.41) is 2.39. The van der Waals surface area contributed by atoms with Gasteiger partial charge in [0.1, 0.15) is 0 Å². The van der Waals surface area contributed by atoms with Gasteiger partial charge in [-0.2, -0.15) is 0 Å². The van der Waals surface area contributed by atoms with Crippen LogP contribution in [0.2, 0.25) is 0 Å². The number of hydrogen-bond acceptors (Lipinski definition) is 5. The molecule has 0 aromatic heterocycles. The van der Waals surface area contributed by atoms with Gasteiger partial charge in [-0.05, 0) is 49.9 Å². The fourth-order valence-electron chi connectivity index (χ4n) is 2.11. The third kappa shape index (κ3) is 5.08. The van der Waals surface area contributed by atoms with E-state index in [0.29, 0.717) is 11.6 Å². The molecule has 7 nitrogen and oxygen atoms in total. The molecule has 27 heavy (non-hydrogen) atoms. The van der Waals surface area contributed by atoms with E-state index >= 15 is 0 Å². The molecule has 2 rings (SSSR count). The van der Waals surface area contributed by atoms with E-state index in [2.05, 4.69) is 10.0 Å². The molecule has 0 fully saturated rings. The van der Waals surface area contributed by atoms with Gasteiger partial charge in [0.15, 0.2) is 18.2 Å². The highest BCUT2D eigenvalue weighted by Gasteiger charge is 2.17. The summed E-state index contributed by atoms with van der Waals surface area (Å²) in [5.74, 6) is -4.07. The van der Waals surface area contributed by atoms with Crippen LogP contribution in [0.25, 0.3) is 0 Å². The summed E-state index contributed by atoms with van der Waals surface area (Å²) in [4.78, 5) is 23.6. The first-order valence-electron chi connectivity index (χ1n) is 7.60. The van der Waals surface area contributed by atoms with E-state index in [1.165, 1.54) is 25.2 Å². The van der Waals surface area contributed by atoms with Gasteiger partial charge < -0.3 is 10.1 Å². The number of nitrogens with one attached hydrogen (secondary N) is 2. The first kappa shape index (κ1) is 20.5. The maximum Gasteiger partial charge on any atom is 0.338 e. The van der Waals surface area contributed by atoms with E-state index in [4.69, 9.17) is 4.74 Å². The first-order chi connectivity index (χ1) is 12.6. The number of hydrogen-bond donors (Lipinski definition) is 2. The standard InChI is InChI=1S/C17H16F2N2O5S/c1-10-3-5-12(8-15(10)27(24,25)20-2)21-16(22)9-26-17(23)11-4-6-13(18)14(19)7-11/h3-8,20H,9H2,1-2H3,(H,21,22). The predicted molar refractivity (Wildman–Crippen MR) is 92.7 cm³/mol. The van der Waals surface area contributed by atoms with Gasteiger partial charge in [-0.1, -0.05) is 6.07 Å². The number of amides is 1. The molecule has 0 atom stereocenters. The molecule has 0 heterocycles. The molecule has 1 amide bonds. The molecule has 2 aromatic rings. The zero-order valence-corrected chi connectivity index (χ0v) is 15.2. The lowest BCUT2D eigenvalue weighted by molar-refractivity contribution is -0.119. The van der Waals surface area contributed by atoms with E-state index < -0.39 is 40.1 Å². The van der Waals surface area contributed by atoms with Crippen molar-refractivity contribution in [3.63, 3.8) is 0 Å².